The number of oxime groups is 1. The van der Waals surface area contributed by atoms with E-state index in [4.69, 9.17) is 16.3 Å². The van der Waals surface area contributed by atoms with Gasteiger partial charge < -0.3 is 26.9 Å². The third kappa shape index (κ3) is 6.37. The molecule has 184 valence electrons. The number of rotatable bonds is 9. The summed E-state index contributed by atoms with van der Waals surface area (Å²) < 4.78 is 0. The number of amides is 1. The summed E-state index contributed by atoms with van der Waals surface area (Å²) in [5.74, 6) is -0.0587. The van der Waals surface area contributed by atoms with Gasteiger partial charge in [0, 0.05) is 17.8 Å². The van der Waals surface area contributed by atoms with Crippen LogP contribution in [0.15, 0.2) is 65.8 Å². The fourth-order valence-electron chi connectivity index (χ4n) is 4.12. The van der Waals surface area contributed by atoms with Crippen molar-refractivity contribution in [1.82, 2.24) is 4.98 Å². The number of pyridine rings is 1. The Labute approximate surface area is 210 Å². The first-order chi connectivity index (χ1) is 17.5. The molecule has 0 radical (unpaired) electrons. The number of anilines is 3. The lowest BCUT2D eigenvalue weighted by Gasteiger charge is -2.30. The number of hydrogen-bond acceptors (Lipinski definition) is 8. The van der Waals surface area contributed by atoms with E-state index in [9.17, 15) is 10.1 Å². The van der Waals surface area contributed by atoms with E-state index >= 15 is 0 Å². The van der Waals surface area contributed by atoms with Crippen molar-refractivity contribution in [2.45, 2.75) is 44.4 Å². The molecule has 1 aliphatic carbocycles. The number of nitrogens with zero attached hydrogens (tertiary/aromatic N) is 3. The summed E-state index contributed by atoms with van der Waals surface area (Å²) in [4.78, 5) is 22.1. The average molecular weight is 484 g/mol. The second-order valence-electron chi connectivity index (χ2n) is 8.70. The van der Waals surface area contributed by atoms with Crippen molar-refractivity contribution in [3.8, 4) is 6.07 Å². The maximum atomic E-state index is 12.1. The minimum Gasteiger partial charge on any atom is -0.391 e. The van der Waals surface area contributed by atoms with Crippen LogP contribution < -0.4 is 22.1 Å². The van der Waals surface area contributed by atoms with Crippen molar-refractivity contribution < 1.29 is 9.63 Å². The molecule has 2 aromatic carbocycles. The van der Waals surface area contributed by atoms with E-state index in [0.29, 0.717) is 18.1 Å². The lowest BCUT2D eigenvalue weighted by atomic mass is 9.91. The number of benzene rings is 2. The van der Waals surface area contributed by atoms with Gasteiger partial charge >= 0.3 is 0 Å². The van der Waals surface area contributed by atoms with Gasteiger partial charge in [-0.2, -0.15) is 5.26 Å². The van der Waals surface area contributed by atoms with Crippen LogP contribution in [0.4, 0.5) is 17.3 Å². The predicted octanol–water partition coefficient (Wildman–Crippen LogP) is 4.03. The number of nitriles is 1. The minimum absolute atomic E-state index is 0.000976. The van der Waals surface area contributed by atoms with E-state index in [0.717, 1.165) is 36.8 Å². The van der Waals surface area contributed by atoms with Gasteiger partial charge in [0.15, 0.2) is 0 Å². The van der Waals surface area contributed by atoms with Crippen LogP contribution >= 0.6 is 0 Å². The van der Waals surface area contributed by atoms with Crippen LogP contribution in [0.3, 0.4) is 0 Å². The summed E-state index contributed by atoms with van der Waals surface area (Å²) in [6.07, 6.45) is 5.55. The van der Waals surface area contributed by atoms with E-state index in [1.807, 2.05) is 54.6 Å². The van der Waals surface area contributed by atoms with Gasteiger partial charge in [0.25, 0.3) is 5.91 Å². The normalized spacial score (nSPS) is 17.3. The number of carbonyl (C=O) groups is 1. The largest absolute Gasteiger partial charge is 0.391 e. The van der Waals surface area contributed by atoms with E-state index in [1.54, 1.807) is 6.21 Å². The summed E-state index contributed by atoms with van der Waals surface area (Å²) in [5.41, 5.74) is 14.7. The monoisotopic (exact) mass is 483 g/mol. The molecular formula is C27H29N7O2. The minimum atomic E-state index is -0.686. The lowest BCUT2D eigenvalue weighted by Crippen LogP contribution is -2.43. The van der Waals surface area contributed by atoms with Crippen LogP contribution in [0.2, 0.25) is 0 Å². The first kappa shape index (κ1) is 24.7. The van der Waals surface area contributed by atoms with E-state index in [-0.39, 0.29) is 29.0 Å². The number of hydrogen-bond donors (Lipinski definition) is 4. The van der Waals surface area contributed by atoms with Crippen molar-refractivity contribution in [2.75, 3.05) is 10.6 Å². The smallest absolute Gasteiger partial charge is 0.252 e. The molecule has 2 atom stereocenters. The highest BCUT2D eigenvalue weighted by Gasteiger charge is 2.24. The number of primary amides is 1. The van der Waals surface area contributed by atoms with Gasteiger partial charge in [-0.05, 0) is 42.2 Å². The van der Waals surface area contributed by atoms with Crippen LogP contribution in [0.5, 0.6) is 0 Å². The molecule has 1 heterocycles. The fourth-order valence-corrected chi connectivity index (χ4v) is 4.12. The third-order valence-corrected chi connectivity index (χ3v) is 6.05. The Morgan fingerprint density at radius 2 is 1.94 bits per heavy atom. The van der Waals surface area contributed by atoms with E-state index in [2.05, 4.69) is 26.8 Å². The van der Waals surface area contributed by atoms with Crippen LogP contribution in [0, 0.1) is 11.3 Å². The molecule has 0 saturated heterocycles. The molecule has 6 N–H and O–H groups in total. The van der Waals surface area contributed by atoms with Gasteiger partial charge in [-0.25, -0.2) is 4.98 Å². The Bertz CT molecular complexity index is 1270. The summed E-state index contributed by atoms with van der Waals surface area (Å²) in [6, 6.07) is 20.7. The van der Waals surface area contributed by atoms with Gasteiger partial charge in [-0.1, -0.05) is 60.5 Å². The SMILES string of the molecule is N#Cc1cc(C(N)=O)c(Nc2cccc(/C=N/OCc3ccccc3)c2)nc1N[C@@H]1CCCC[C@@H]1N. The van der Waals surface area contributed by atoms with E-state index in [1.165, 1.54) is 6.07 Å². The van der Waals surface area contributed by atoms with Crippen molar-refractivity contribution in [3.05, 3.63) is 82.9 Å². The van der Waals surface area contributed by atoms with Crippen molar-refractivity contribution in [2.24, 2.45) is 16.6 Å². The van der Waals surface area contributed by atoms with Crippen molar-refractivity contribution >= 4 is 29.4 Å². The Kier molecular flexibility index (Phi) is 8.11. The molecule has 1 fully saturated rings. The van der Waals surface area contributed by atoms with E-state index < -0.39 is 5.91 Å². The predicted molar refractivity (Wildman–Crippen MR) is 140 cm³/mol. The number of carbonyl (C=O) groups excluding carboxylic acids is 1. The molecular weight excluding hydrogens is 454 g/mol. The quantitative estimate of drug-likeness (QED) is 0.265. The maximum Gasteiger partial charge on any atom is 0.252 e. The molecule has 1 aromatic heterocycles. The number of nitrogens with one attached hydrogen (secondary N) is 2. The zero-order chi connectivity index (χ0) is 25.3. The zero-order valence-electron chi connectivity index (χ0n) is 19.9. The van der Waals surface area contributed by atoms with Crippen LogP contribution in [0.25, 0.3) is 0 Å². The highest BCUT2D eigenvalue weighted by atomic mass is 16.6. The molecule has 0 spiro atoms. The van der Waals surface area contributed by atoms with Crippen LogP contribution in [0.1, 0.15) is 52.7 Å². The highest BCUT2D eigenvalue weighted by molar-refractivity contribution is 5.99. The molecule has 1 saturated carbocycles. The van der Waals surface area contributed by atoms with Gasteiger partial charge in [0.05, 0.1) is 17.3 Å². The molecule has 1 amide bonds. The molecule has 0 aliphatic heterocycles. The molecule has 0 unspecified atom stereocenters. The lowest BCUT2D eigenvalue weighted by molar-refractivity contribution is 0.100. The van der Waals surface area contributed by atoms with Crippen LogP contribution in [-0.2, 0) is 11.4 Å². The van der Waals surface area contributed by atoms with Gasteiger partial charge in [-0.15, -0.1) is 0 Å². The summed E-state index contributed by atoms with van der Waals surface area (Å²) in [6.45, 7) is 0.368. The highest BCUT2D eigenvalue weighted by Crippen LogP contribution is 2.27. The average Bonchev–Trinajstić information content (AvgIpc) is 2.89. The maximum absolute atomic E-state index is 12.1. The zero-order valence-corrected chi connectivity index (χ0v) is 19.9. The fraction of sp³-hybridized carbons (Fsp3) is 0.259. The Hall–Kier alpha value is -4.42. The summed E-state index contributed by atoms with van der Waals surface area (Å²) >= 11 is 0. The van der Waals surface area contributed by atoms with Gasteiger partial charge in [0.1, 0.15) is 24.3 Å². The van der Waals surface area contributed by atoms with Gasteiger partial charge in [0.2, 0.25) is 0 Å². The molecule has 1 aliphatic rings. The molecule has 9 nitrogen and oxygen atoms in total. The molecule has 9 heteroatoms. The number of nitrogens with two attached hydrogens (primary N) is 2. The van der Waals surface area contributed by atoms with Crippen molar-refractivity contribution in [1.29, 1.82) is 5.26 Å². The first-order valence-electron chi connectivity index (χ1n) is 11.9. The topological polar surface area (TPSA) is 151 Å². The Morgan fingerprint density at radius 3 is 2.69 bits per heavy atom. The number of aromatic nitrogens is 1. The summed E-state index contributed by atoms with van der Waals surface area (Å²) in [7, 11) is 0. The second-order valence-corrected chi connectivity index (χ2v) is 8.70. The molecule has 3 aromatic rings. The first-order valence-corrected chi connectivity index (χ1v) is 11.9. The molecule has 4 rings (SSSR count). The standard InChI is InChI=1S/C27H29N7O2/c28-15-20-14-22(25(30)35)27(34-26(20)33-24-12-5-4-11-23(24)29)32-21-10-6-9-19(13-21)16-31-36-17-18-7-2-1-3-8-18/h1-3,6-10,13-14,16,23-24H,4-5,11-12,17,29H2,(H2,30,35)(H2,32,33,34)/b31-16+/t23-,24+/m0/s1. The van der Waals surface area contributed by atoms with Crippen LogP contribution in [-0.4, -0.2) is 29.2 Å². The van der Waals surface area contributed by atoms with Gasteiger partial charge in [-0.3, -0.25) is 4.79 Å². The molecule has 36 heavy (non-hydrogen) atoms. The second kappa shape index (κ2) is 11.8. The van der Waals surface area contributed by atoms with Crippen molar-refractivity contribution in [3.63, 3.8) is 0 Å². The summed E-state index contributed by atoms with van der Waals surface area (Å²) in [5, 5.41) is 20.2. The Morgan fingerprint density at radius 1 is 1.14 bits per heavy atom. The Balaban J connectivity index is 1.52. The third-order valence-electron chi connectivity index (χ3n) is 6.05. The molecule has 0 bridgehead atoms.